The zero-order valence-corrected chi connectivity index (χ0v) is 13.2. The number of hydrogen-bond donors (Lipinski definition) is 2. The molecule has 6 heteroatoms. The number of rotatable bonds is 6. The van der Waals surface area contributed by atoms with Gasteiger partial charge in [-0.3, -0.25) is 10.1 Å². The summed E-state index contributed by atoms with van der Waals surface area (Å²) < 4.78 is 6.06. The number of ether oxygens (including phenoxy) is 1. The van der Waals surface area contributed by atoms with E-state index in [0.29, 0.717) is 18.2 Å². The number of carbonyl (C=O) groups excluding carboxylic acids is 2. The molecule has 0 aliphatic rings. The summed E-state index contributed by atoms with van der Waals surface area (Å²) in [5.74, 6) is 0.579. The van der Waals surface area contributed by atoms with E-state index in [1.807, 2.05) is 12.1 Å². The van der Waals surface area contributed by atoms with Crippen LogP contribution in [-0.2, 0) is 4.79 Å². The number of para-hydroxylation sites is 1. The molecule has 1 aromatic carbocycles. The number of imide groups is 1. The molecule has 110 valence electrons. The van der Waals surface area contributed by atoms with Crippen molar-refractivity contribution >= 4 is 27.9 Å². The summed E-state index contributed by atoms with van der Waals surface area (Å²) in [6.07, 6.45) is 0.870. The van der Waals surface area contributed by atoms with E-state index in [4.69, 9.17) is 4.74 Å². The standard InChI is InChI=1S/C14H19BrN2O3/c1-10(2)7-8-16-14(19)17-13(18)9-20-12-6-4-3-5-11(12)15/h3-6,10H,7-9H2,1-2H3,(H2,16,17,18,19). The van der Waals surface area contributed by atoms with E-state index in [1.54, 1.807) is 12.1 Å². The molecule has 0 unspecified atom stereocenters. The molecule has 0 radical (unpaired) electrons. The molecule has 0 atom stereocenters. The van der Waals surface area contributed by atoms with Crippen LogP contribution in [0.25, 0.3) is 0 Å². The predicted octanol–water partition coefficient (Wildman–Crippen LogP) is 2.70. The van der Waals surface area contributed by atoms with Crippen molar-refractivity contribution in [1.82, 2.24) is 10.6 Å². The number of carbonyl (C=O) groups is 2. The van der Waals surface area contributed by atoms with Crippen LogP contribution in [-0.4, -0.2) is 25.1 Å². The van der Waals surface area contributed by atoms with Gasteiger partial charge in [-0.2, -0.15) is 0 Å². The summed E-state index contributed by atoms with van der Waals surface area (Å²) in [4.78, 5) is 22.9. The van der Waals surface area contributed by atoms with E-state index in [-0.39, 0.29) is 6.61 Å². The summed E-state index contributed by atoms with van der Waals surface area (Å²) in [6.45, 7) is 4.47. The van der Waals surface area contributed by atoms with Crippen molar-refractivity contribution in [1.29, 1.82) is 0 Å². The van der Waals surface area contributed by atoms with Crippen molar-refractivity contribution < 1.29 is 14.3 Å². The van der Waals surface area contributed by atoms with Crippen LogP contribution in [0.2, 0.25) is 0 Å². The maximum atomic E-state index is 11.5. The fourth-order valence-electron chi connectivity index (χ4n) is 1.39. The van der Waals surface area contributed by atoms with Gasteiger partial charge in [0.25, 0.3) is 5.91 Å². The maximum absolute atomic E-state index is 11.5. The average Bonchev–Trinajstić information content (AvgIpc) is 2.37. The number of nitrogens with one attached hydrogen (secondary N) is 2. The zero-order chi connectivity index (χ0) is 15.0. The second-order valence-electron chi connectivity index (χ2n) is 4.71. The highest BCUT2D eigenvalue weighted by molar-refractivity contribution is 9.10. The summed E-state index contributed by atoms with van der Waals surface area (Å²) >= 11 is 3.31. The van der Waals surface area contributed by atoms with Crippen molar-refractivity contribution in [3.8, 4) is 5.75 Å². The molecule has 0 aliphatic heterocycles. The van der Waals surface area contributed by atoms with E-state index in [1.165, 1.54) is 0 Å². The van der Waals surface area contributed by atoms with Crippen LogP contribution in [0.5, 0.6) is 5.75 Å². The molecule has 0 bridgehead atoms. The lowest BCUT2D eigenvalue weighted by molar-refractivity contribution is -0.122. The van der Waals surface area contributed by atoms with Crippen LogP contribution in [0.15, 0.2) is 28.7 Å². The lowest BCUT2D eigenvalue weighted by Gasteiger charge is -2.09. The number of benzene rings is 1. The number of hydrogen-bond acceptors (Lipinski definition) is 3. The van der Waals surface area contributed by atoms with E-state index >= 15 is 0 Å². The molecule has 1 rings (SSSR count). The van der Waals surface area contributed by atoms with Gasteiger partial charge in [-0.15, -0.1) is 0 Å². The molecule has 3 amide bonds. The fourth-order valence-corrected chi connectivity index (χ4v) is 1.79. The molecule has 0 heterocycles. The molecule has 0 saturated heterocycles. The molecular weight excluding hydrogens is 324 g/mol. The van der Waals surface area contributed by atoms with Gasteiger partial charge >= 0.3 is 6.03 Å². The van der Waals surface area contributed by atoms with Crippen LogP contribution < -0.4 is 15.4 Å². The van der Waals surface area contributed by atoms with Gasteiger partial charge in [0.05, 0.1) is 4.47 Å². The molecule has 0 aromatic heterocycles. The Labute approximate surface area is 127 Å². The predicted molar refractivity (Wildman–Crippen MR) is 80.6 cm³/mol. The number of amides is 3. The Morgan fingerprint density at radius 3 is 2.65 bits per heavy atom. The molecule has 0 fully saturated rings. The van der Waals surface area contributed by atoms with Gasteiger partial charge in [0.1, 0.15) is 5.75 Å². The average molecular weight is 343 g/mol. The summed E-state index contributed by atoms with van der Waals surface area (Å²) in [6, 6.07) is 6.70. The molecule has 1 aromatic rings. The van der Waals surface area contributed by atoms with Crippen LogP contribution in [0, 0.1) is 5.92 Å². The molecule has 20 heavy (non-hydrogen) atoms. The SMILES string of the molecule is CC(C)CCNC(=O)NC(=O)COc1ccccc1Br. The van der Waals surface area contributed by atoms with Gasteiger partial charge in [-0.05, 0) is 40.4 Å². The largest absolute Gasteiger partial charge is 0.483 e. The second kappa shape index (κ2) is 8.58. The molecule has 0 saturated carbocycles. The molecule has 0 aliphatic carbocycles. The van der Waals surface area contributed by atoms with Crippen molar-refractivity contribution in [2.75, 3.05) is 13.2 Å². The van der Waals surface area contributed by atoms with Gasteiger partial charge in [-0.25, -0.2) is 4.79 Å². The minimum absolute atomic E-state index is 0.208. The molecule has 0 spiro atoms. The highest BCUT2D eigenvalue weighted by Crippen LogP contribution is 2.23. The second-order valence-corrected chi connectivity index (χ2v) is 5.56. The zero-order valence-electron chi connectivity index (χ0n) is 11.6. The van der Waals surface area contributed by atoms with Gasteiger partial charge < -0.3 is 10.1 Å². The van der Waals surface area contributed by atoms with Crippen LogP contribution in [0.3, 0.4) is 0 Å². The highest BCUT2D eigenvalue weighted by Gasteiger charge is 2.09. The van der Waals surface area contributed by atoms with E-state index in [0.717, 1.165) is 10.9 Å². The lowest BCUT2D eigenvalue weighted by Crippen LogP contribution is -2.42. The Morgan fingerprint density at radius 1 is 1.30 bits per heavy atom. The third kappa shape index (κ3) is 6.56. The Kier molecular flexibility index (Phi) is 7.08. The first-order chi connectivity index (χ1) is 9.49. The molecule has 2 N–H and O–H groups in total. The fraction of sp³-hybridized carbons (Fsp3) is 0.429. The van der Waals surface area contributed by atoms with E-state index < -0.39 is 11.9 Å². The van der Waals surface area contributed by atoms with Crippen molar-refractivity contribution in [2.45, 2.75) is 20.3 Å². The van der Waals surface area contributed by atoms with Gasteiger partial charge in [0.2, 0.25) is 0 Å². The number of urea groups is 1. The maximum Gasteiger partial charge on any atom is 0.321 e. The van der Waals surface area contributed by atoms with Crippen molar-refractivity contribution in [3.63, 3.8) is 0 Å². The summed E-state index contributed by atoms with van der Waals surface area (Å²) in [5.41, 5.74) is 0. The Balaban J connectivity index is 2.26. The normalized spacial score (nSPS) is 10.2. The van der Waals surface area contributed by atoms with E-state index in [2.05, 4.69) is 40.4 Å². The molecular formula is C14H19BrN2O3. The molecule has 5 nitrogen and oxygen atoms in total. The Hall–Kier alpha value is -1.56. The first-order valence-electron chi connectivity index (χ1n) is 6.44. The van der Waals surface area contributed by atoms with Gasteiger partial charge in [-0.1, -0.05) is 26.0 Å². The van der Waals surface area contributed by atoms with Crippen LogP contribution in [0.4, 0.5) is 4.79 Å². The minimum atomic E-state index is -0.494. The summed E-state index contributed by atoms with van der Waals surface area (Å²) in [7, 11) is 0. The van der Waals surface area contributed by atoms with Gasteiger partial charge in [0.15, 0.2) is 6.61 Å². The van der Waals surface area contributed by atoms with Crippen molar-refractivity contribution in [2.24, 2.45) is 5.92 Å². The Bertz CT molecular complexity index is 463. The third-order valence-corrected chi connectivity index (χ3v) is 3.11. The smallest absolute Gasteiger partial charge is 0.321 e. The van der Waals surface area contributed by atoms with Crippen molar-refractivity contribution in [3.05, 3.63) is 28.7 Å². The Morgan fingerprint density at radius 2 is 2.00 bits per heavy atom. The minimum Gasteiger partial charge on any atom is -0.483 e. The van der Waals surface area contributed by atoms with E-state index in [9.17, 15) is 9.59 Å². The first-order valence-corrected chi connectivity index (χ1v) is 7.23. The van der Waals surface area contributed by atoms with Gasteiger partial charge in [0, 0.05) is 6.54 Å². The third-order valence-electron chi connectivity index (χ3n) is 2.46. The quantitative estimate of drug-likeness (QED) is 0.835. The number of halogens is 1. The van der Waals surface area contributed by atoms with Crippen LogP contribution >= 0.6 is 15.9 Å². The summed E-state index contributed by atoms with van der Waals surface area (Å²) in [5, 5.41) is 4.83. The first kappa shape index (κ1) is 16.5. The topological polar surface area (TPSA) is 67.4 Å². The highest BCUT2D eigenvalue weighted by atomic mass is 79.9. The lowest BCUT2D eigenvalue weighted by atomic mass is 10.1. The monoisotopic (exact) mass is 342 g/mol. The van der Waals surface area contributed by atoms with Crippen LogP contribution in [0.1, 0.15) is 20.3 Å².